The van der Waals surface area contributed by atoms with E-state index in [0.29, 0.717) is 16.4 Å². The van der Waals surface area contributed by atoms with Crippen molar-refractivity contribution in [1.82, 2.24) is 0 Å². The Morgan fingerprint density at radius 2 is 1.88 bits per heavy atom. The van der Waals surface area contributed by atoms with Crippen LogP contribution < -0.4 is 10.2 Å². The molecule has 1 aliphatic rings. The van der Waals surface area contributed by atoms with Crippen LogP contribution in [0.1, 0.15) is 16.8 Å². The van der Waals surface area contributed by atoms with Crippen LogP contribution in [-0.2, 0) is 9.59 Å². The molecule has 2 aromatic carbocycles. The molecule has 0 saturated carbocycles. The fourth-order valence-electron chi connectivity index (χ4n) is 2.73. The smallest absolute Gasteiger partial charge is 0.335 e. The van der Waals surface area contributed by atoms with Crippen molar-refractivity contribution < 1.29 is 19.5 Å². The van der Waals surface area contributed by atoms with E-state index in [2.05, 4.69) is 5.32 Å². The Kier molecular flexibility index (Phi) is 4.72. The summed E-state index contributed by atoms with van der Waals surface area (Å²) in [6, 6.07) is 12.8. The highest BCUT2D eigenvalue weighted by molar-refractivity contribution is 6.30. The van der Waals surface area contributed by atoms with E-state index in [1.54, 1.807) is 41.3 Å². The zero-order valence-electron chi connectivity index (χ0n) is 13.1. The van der Waals surface area contributed by atoms with E-state index in [4.69, 9.17) is 16.7 Å². The molecule has 2 N–H and O–H groups in total. The van der Waals surface area contributed by atoms with Gasteiger partial charge in [-0.15, -0.1) is 0 Å². The van der Waals surface area contributed by atoms with E-state index >= 15 is 0 Å². The maximum absolute atomic E-state index is 12.4. The lowest BCUT2D eigenvalue weighted by Gasteiger charge is -2.16. The van der Waals surface area contributed by atoms with Crippen LogP contribution in [-0.4, -0.2) is 29.4 Å². The van der Waals surface area contributed by atoms with Crippen LogP contribution in [0.5, 0.6) is 0 Å². The van der Waals surface area contributed by atoms with Gasteiger partial charge in [0, 0.05) is 29.4 Å². The molecule has 1 fully saturated rings. The number of amides is 2. The lowest BCUT2D eigenvalue weighted by Crippen LogP contribution is -2.28. The van der Waals surface area contributed by atoms with Crippen LogP contribution in [0.25, 0.3) is 0 Å². The molecule has 0 unspecified atom stereocenters. The highest BCUT2D eigenvalue weighted by atomic mass is 35.5. The molecule has 2 aromatic rings. The molecular formula is C18H15ClN2O4. The minimum Gasteiger partial charge on any atom is -0.478 e. The number of hydrogen-bond acceptors (Lipinski definition) is 3. The Bertz CT molecular complexity index is 835. The number of hydrogen-bond donors (Lipinski definition) is 2. The largest absolute Gasteiger partial charge is 0.478 e. The van der Waals surface area contributed by atoms with Crippen LogP contribution in [0.15, 0.2) is 48.5 Å². The topological polar surface area (TPSA) is 86.7 Å². The molecule has 1 aliphatic heterocycles. The van der Waals surface area contributed by atoms with Crippen molar-refractivity contribution in [1.29, 1.82) is 0 Å². The number of nitrogens with zero attached hydrogens (tertiary/aromatic N) is 1. The number of carboxylic acid groups (broad SMARTS) is 1. The third-order valence-corrected chi connectivity index (χ3v) is 4.26. The van der Waals surface area contributed by atoms with E-state index in [0.717, 1.165) is 0 Å². The molecule has 1 atom stereocenters. The van der Waals surface area contributed by atoms with Gasteiger partial charge in [0.05, 0.1) is 11.5 Å². The highest BCUT2D eigenvalue weighted by Gasteiger charge is 2.35. The first-order valence-electron chi connectivity index (χ1n) is 7.64. The Morgan fingerprint density at radius 3 is 2.56 bits per heavy atom. The number of carbonyl (C=O) groups excluding carboxylic acids is 2. The number of nitrogens with one attached hydrogen (secondary N) is 1. The number of carboxylic acids is 1. The SMILES string of the molecule is O=C(O)c1cccc(NC(=O)[C@H]2CC(=O)N(c3ccc(Cl)cc3)C2)c1. The summed E-state index contributed by atoms with van der Waals surface area (Å²) in [5, 5.41) is 12.2. The summed E-state index contributed by atoms with van der Waals surface area (Å²) < 4.78 is 0. The zero-order valence-corrected chi connectivity index (χ0v) is 13.9. The summed E-state index contributed by atoms with van der Waals surface area (Å²) in [5.41, 5.74) is 1.17. The average Bonchev–Trinajstić information content (AvgIpc) is 2.98. The van der Waals surface area contributed by atoms with Crippen molar-refractivity contribution in [3.63, 3.8) is 0 Å². The Hall–Kier alpha value is -2.86. The Balaban J connectivity index is 1.69. The van der Waals surface area contributed by atoms with E-state index in [1.165, 1.54) is 12.1 Å². The normalized spacial score (nSPS) is 16.8. The van der Waals surface area contributed by atoms with Crippen molar-refractivity contribution >= 4 is 40.8 Å². The molecule has 2 amide bonds. The second-order valence-electron chi connectivity index (χ2n) is 5.76. The maximum Gasteiger partial charge on any atom is 0.335 e. The third-order valence-electron chi connectivity index (χ3n) is 4.01. The van der Waals surface area contributed by atoms with Crippen molar-refractivity contribution in [3.05, 3.63) is 59.1 Å². The molecule has 128 valence electrons. The number of halogens is 1. The number of benzene rings is 2. The summed E-state index contributed by atoms with van der Waals surface area (Å²) >= 11 is 5.85. The molecule has 1 saturated heterocycles. The van der Waals surface area contributed by atoms with Gasteiger partial charge in [-0.1, -0.05) is 17.7 Å². The molecular weight excluding hydrogens is 344 g/mol. The van der Waals surface area contributed by atoms with E-state index in [9.17, 15) is 14.4 Å². The van der Waals surface area contributed by atoms with Gasteiger partial charge in [0.2, 0.25) is 11.8 Å². The highest BCUT2D eigenvalue weighted by Crippen LogP contribution is 2.27. The summed E-state index contributed by atoms with van der Waals surface area (Å²) in [6.07, 6.45) is 0.104. The minimum absolute atomic E-state index is 0.0862. The van der Waals surface area contributed by atoms with E-state index in [-0.39, 0.29) is 30.3 Å². The Morgan fingerprint density at radius 1 is 1.16 bits per heavy atom. The summed E-state index contributed by atoms with van der Waals surface area (Å²) in [6.45, 7) is 0.269. The first-order chi connectivity index (χ1) is 11.9. The monoisotopic (exact) mass is 358 g/mol. The molecule has 0 bridgehead atoms. The Labute approximate surface area is 149 Å². The van der Waals surface area contributed by atoms with Gasteiger partial charge >= 0.3 is 5.97 Å². The molecule has 0 radical (unpaired) electrons. The first kappa shape index (κ1) is 17.0. The number of aromatic carboxylic acids is 1. The number of carbonyl (C=O) groups is 3. The van der Waals surface area contributed by atoms with Gasteiger partial charge in [-0.2, -0.15) is 0 Å². The van der Waals surface area contributed by atoms with Crippen molar-refractivity contribution in [2.75, 3.05) is 16.8 Å². The first-order valence-corrected chi connectivity index (χ1v) is 8.02. The van der Waals surface area contributed by atoms with Gasteiger partial charge in [-0.3, -0.25) is 9.59 Å². The lowest BCUT2D eigenvalue weighted by atomic mass is 10.1. The number of anilines is 2. The molecule has 1 heterocycles. The van der Waals surface area contributed by atoms with Gasteiger partial charge < -0.3 is 15.3 Å². The van der Waals surface area contributed by atoms with E-state index < -0.39 is 11.9 Å². The van der Waals surface area contributed by atoms with Crippen LogP contribution in [0.4, 0.5) is 11.4 Å². The average molecular weight is 359 g/mol. The second kappa shape index (κ2) is 6.94. The summed E-state index contributed by atoms with van der Waals surface area (Å²) in [7, 11) is 0. The molecule has 6 nitrogen and oxygen atoms in total. The van der Waals surface area contributed by atoms with Gasteiger partial charge in [-0.25, -0.2) is 4.79 Å². The lowest BCUT2D eigenvalue weighted by molar-refractivity contribution is -0.122. The van der Waals surface area contributed by atoms with Crippen LogP contribution >= 0.6 is 11.6 Å². The predicted octanol–water partition coefficient (Wildman–Crippen LogP) is 3.03. The molecule has 0 aliphatic carbocycles. The van der Waals surface area contributed by atoms with Crippen molar-refractivity contribution in [3.8, 4) is 0 Å². The zero-order chi connectivity index (χ0) is 18.0. The van der Waals surface area contributed by atoms with Crippen LogP contribution in [0, 0.1) is 5.92 Å². The van der Waals surface area contributed by atoms with Crippen molar-refractivity contribution in [2.24, 2.45) is 5.92 Å². The van der Waals surface area contributed by atoms with Gasteiger partial charge in [0.25, 0.3) is 0 Å². The van der Waals surface area contributed by atoms with Gasteiger partial charge in [0.15, 0.2) is 0 Å². The fraction of sp³-hybridized carbons (Fsp3) is 0.167. The predicted molar refractivity (Wildman–Crippen MR) is 93.9 cm³/mol. The number of rotatable bonds is 4. The molecule has 3 rings (SSSR count). The third kappa shape index (κ3) is 3.80. The molecule has 0 aromatic heterocycles. The minimum atomic E-state index is -1.07. The van der Waals surface area contributed by atoms with Gasteiger partial charge in [0.1, 0.15) is 0 Å². The maximum atomic E-state index is 12.4. The molecule has 0 spiro atoms. The second-order valence-corrected chi connectivity index (χ2v) is 6.19. The van der Waals surface area contributed by atoms with Crippen molar-refractivity contribution in [2.45, 2.75) is 6.42 Å². The van der Waals surface area contributed by atoms with Crippen LogP contribution in [0.2, 0.25) is 5.02 Å². The quantitative estimate of drug-likeness (QED) is 0.879. The standard InChI is InChI=1S/C18H15ClN2O4/c19-13-4-6-15(7-5-13)21-10-12(9-16(21)22)17(23)20-14-3-1-2-11(8-14)18(24)25/h1-8,12H,9-10H2,(H,20,23)(H,24,25)/t12-/m0/s1. The summed E-state index contributed by atoms with van der Waals surface area (Å²) in [4.78, 5) is 37.2. The van der Waals surface area contributed by atoms with Crippen LogP contribution in [0.3, 0.4) is 0 Å². The summed E-state index contributed by atoms with van der Waals surface area (Å²) in [5.74, 6) is -2.02. The molecule has 25 heavy (non-hydrogen) atoms. The van der Waals surface area contributed by atoms with E-state index in [1.807, 2.05) is 0 Å². The van der Waals surface area contributed by atoms with Gasteiger partial charge in [-0.05, 0) is 42.5 Å². The molecule has 7 heteroatoms. The fourth-order valence-corrected chi connectivity index (χ4v) is 2.85.